The van der Waals surface area contributed by atoms with Gasteiger partial charge in [-0.1, -0.05) is 18.9 Å². The first kappa shape index (κ1) is 18.8. The Labute approximate surface area is 153 Å². The molecule has 2 aliphatic rings. The molecule has 0 spiro atoms. The molecular weight excluding hydrogens is 356 g/mol. The fraction of sp³-hybridized carbons (Fsp3) is 0.556. The van der Waals surface area contributed by atoms with Crippen LogP contribution in [0.5, 0.6) is 0 Å². The molecule has 0 bridgehead atoms. The molecule has 0 saturated heterocycles. The van der Waals surface area contributed by atoms with Gasteiger partial charge in [0.15, 0.2) is 0 Å². The Bertz CT molecular complexity index is 787. The molecule has 2 atom stereocenters. The van der Waals surface area contributed by atoms with E-state index in [0.29, 0.717) is 19.3 Å². The number of amides is 1. The Morgan fingerprint density at radius 3 is 2.42 bits per heavy atom. The third-order valence-corrected chi connectivity index (χ3v) is 6.72. The largest absolute Gasteiger partial charge is 0.481 e. The lowest BCUT2D eigenvalue weighted by Crippen LogP contribution is -2.34. The van der Waals surface area contributed by atoms with Crippen molar-refractivity contribution in [1.29, 1.82) is 0 Å². The van der Waals surface area contributed by atoms with Gasteiger partial charge in [-0.2, -0.15) is 0 Å². The lowest BCUT2D eigenvalue weighted by molar-refractivity contribution is -0.141. The molecule has 0 heterocycles. The molecule has 142 valence electrons. The van der Waals surface area contributed by atoms with Crippen LogP contribution < -0.4 is 10.0 Å². The fourth-order valence-corrected chi connectivity index (χ4v) is 5.09. The molecule has 2 aliphatic carbocycles. The van der Waals surface area contributed by atoms with Crippen LogP contribution in [0.3, 0.4) is 0 Å². The number of hydrogen-bond acceptors (Lipinski definition) is 4. The predicted molar refractivity (Wildman–Crippen MR) is 95.3 cm³/mol. The first-order valence-corrected chi connectivity index (χ1v) is 10.5. The zero-order valence-corrected chi connectivity index (χ0v) is 15.3. The van der Waals surface area contributed by atoms with E-state index in [0.717, 1.165) is 25.7 Å². The highest BCUT2D eigenvalue weighted by molar-refractivity contribution is 7.89. The SMILES string of the molecule is O=C(N[C@@H]1CC[C@H](C(=O)O)C1)c1cccc(S(=O)(=O)NC2CCCC2)c1. The summed E-state index contributed by atoms with van der Waals surface area (Å²) in [4.78, 5) is 23.5. The van der Waals surface area contributed by atoms with Gasteiger partial charge in [-0.25, -0.2) is 13.1 Å². The fourth-order valence-electron chi connectivity index (χ4n) is 3.74. The molecule has 8 heteroatoms. The van der Waals surface area contributed by atoms with Crippen molar-refractivity contribution in [2.45, 2.75) is 61.9 Å². The van der Waals surface area contributed by atoms with E-state index in [4.69, 9.17) is 5.11 Å². The van der Waals surface area contributed by atoms with Gasteiger partial charge in [0.2, 0.25) is 10.0 Å². The molecule has 3 N–H and O–H groups in total. The van der Waals surface area contributed by atoms with Gasteiger partial charge in [-0.3, -0.25) is 9.59 Å². The van der Waals surface area contributed by atoms with Crippen molar-refractivity contribution in [3.8, 4) is 0 Å². The zero-order chi connectivity index (χ0) is 18.7. The van der Waals surface area contributed by atoms with Crippen LogP contribution in [0.2, 0.25) is 0 Å². The standard InChI is InChI=1S/C18H24N2O5S/c21-17(19-15-9-8-13(10-15)18(22)23)12-4-3-7-16(11-12)26(24,25)20-14-5-1-2-6-14/h3-4,7,11,13-15,20H,1-2,5-6,8-10H2,(H,19,21)(H,22,23)/t13-,15+/m0/s1. The van der Waals surface area contributed by atoms with E-state index in [1.807, 2.05) is 0 Å². The van der Waals surface area contributed by atoms with E-state index in [1.165, 1.54) is 12.1 Å². The summed E-state index contributed by atoms with van der Waals surface area (Å²) in [5.41, 5.74) is 0.262. The Balaban J connectivity index is 1.66. The number of sulfonamides is 1. The van der Waals surface area contributed by atoms with Gasteiger partial charge in [0.25, 0.3) is 5.91 Å². The lowest BCUT2D eigenvalue weighted by atomic mass is 10.1. The van der Waals surface area contributed by atoms with Crippen LogP contribution in [0.1, 0.15) is 55.3 Å². The number of carbonyl (C=O) groups is 2. The van der Waals surface area contributed by atoms with Crippen molar-refractivity contribution in [3.05, 3.63) is 29.8 Å². The molecule has 1 amide bonds. The first-order valence-electron chi connectivity index (χ1n) is 9.01. The van der Waals surface area contributed by atoms with E-state index >= 15 is 0 Å². The number of benzene rings is 1. The summed E-state index contributed by atoms with van der Waals surface area (Å²) in [7, 11) is -3.65. The summed E-state index contributed by atoms with van der Waals surface area (Å²) in [5, 5.41) is 11.9. The maximum atomic E-state index is 12.5. The third-order valence-electron chi connectivity index (χ3n) is 5.20. The van der Waals surface area contributed by atoms with Crippen molar-refractivity contribution in [2.75, 3.05) is 0 Å². The van der Waals surface area contributed by atoms with Gasteiger partial charge in [0, 0.05) is 17.6 Å². The van der Waals surface area contributed by atoms with Crippen LogP contribution in [0.25, 0.3) is 0 Å². The number of rotatable bonds is 6. The van der Waals surface area contributed by atoms with E-state index in [1.54, 1.807) is 12.1 Å². The number of carbonyl (C=O) groups excluding carboxylic acids is 1. The van der Waals surface area contributed by atoms with Crippen LogP contribution in [-0.4, -0.2) is 37.5 Å². The van der Waals surface area contributed by atoms with Gasteiger partial charge in [-0.05, 0) is 50.3 Å². The second kappa shape index (κ2) is 7.75. The maximum Gasteiger partial charge on any atom is 0.306 e. The average Bonchev–Trinajstić information content (AvgIpc) is 3.26. The van der Waals surface area contributed by atoms with Gasteiger partial charge >= 0.3 is 5.97 Å². The minimum atomic E-state index is -3.65. The van der Waals surface area contributed by atoms with Crippen molar-refractivity contribution in [3.63, 3.8) is 0 Å². The maximum absolute atomic E-state index is 12.5. The Morgan fingerprint density at radius 1 is 1.04 bits per heavy atom. The van der Waals surface area contributed by atoms with Crippen LogP contribution in [0.4, 0.5) is 0 Å². The number of nitrogens with one attached hydrogen (secondary N) is 2. The van der Waals surface area contributed by atoms with Crippen LogP contribution in [0, 0.1) is 5.92 Å². The summed E-state index contributed by atoms with van der Waals surface area (Å²) in [6.45, 7) is 0. The van der Waals surface area contributed by atoms with Gasteiger partial charge in [0.05, 0.1) is 10.8 Å². The molecule has 0 aliphatic heterocycles. The normalized spacial score (nSPS) is 23.8. The second-order valence-corrected chi connectivity index (χ2v) is 8.86. The predicted octanol–water partition coefficient (Wildman–Crippen LogP) is 1.89. The molecule has 1 aromatic carbocycles. The molecule has 26 heavy (non-hydrogen) atoms. The molecular formula is C18H24N2O5S. The van der Waals surface area contributed by atoms with E-state index in [9.17, 15) is 18.0 Å². The quantitative estimate of drug-likeness (QED) is 0.698. The van der Waals surface area contributed by atoms with Crippen molar-refractivity contribution in [1.82, 2.24) is 10.0 Å². The minimum absolute atomic E-state index is 0.0380. The smallest absolute Gasteiger partial charge is 0.306 e. The summed E-state index contributed by atoms with van der Waals surface area (Å²) in [6, 6.07) is 5.73. The third kappa shape index (κ3) is 4.42. The second-order valence-electron chi connectivity index (χ2n) is 7.15. The number of carboxylic acids is 1. The van der Waals surface area contributed by atoms with Crippen LogP contribution in [0.15, 0.2) is 29.2 Å². The molecule has 2 saturated carbocycles. The summed E-state index contributed by atoms with van der Waals surface area (Å²) < 4.78 is 27.7. The van der Waals surface area contributed by atoms with Crippen molar-refractivity contribution in [2.24, 2.45) is 5.92 Å². The highest BCUT2D eigenvalue weighted by Crippen LogP contribution is 2.26. The first-order chi connectivity index (χ1) is 12.3. The summed E-state index contributed by atoms with van der Waals surface area (Å²) in [6.07, 6.45) is 5.28. The molecule has 3 rings (SSSR count). The number of carboxylic acid groups (broad SMARTS) is 1. The molecule has 0 unspecified atom stereocenters. The summed E-state index contributed by atoms with van der Waals surface area (Å²) >= 11 is 0. The van der Waals surface area contributed by atoms with Crippen molar-refractivity contribution >= 4 is 21.9 Å². The zero-order valence-electron chi connectivity index (χ0n) is 14.5. The van der Waals surface area contributed by atoms with Crippen molar-refractivity contribution < 1.29 is 23.1 Å². The van der Waals surface area contributed by atoms with Gasteiger partial charge in [0.1, 0.15) is 0 Å². The number of hydrogen-bond donors (Lipinski definition) is 3. The topological polar surface area (TPSA) is 113 Å². The lowest BCUT2D eigenvalue weighted by Gasteiger charge is -2.15. The van der Waals surface area contributed by atoms with E-state index < -0.39 is 21.9 Å². The Hall–Kier alpha value is -1.93. The van der Waals surface area contributed by atoms with Crippen LogP contribution in [-0.2, 0) is 14.8 Å². The van der Waals surface area contributed by atoms with E-state index in [2.05, 4.69) is 10.0 Å². The average molecular weight is 380 g/mol. The van der Waals surface area contributed by atoms with Gasteiger partial charge in [-0.15, -0.1) is 0 Å². The molecule has 0 aromatic heterocycles. The highest BCUT2D eigenvalue weighted by Gasteiger charge is 2.31. The Morgan fingerprint density at radius 2 is 1.77 bits per heavy atom. The van der Waals surface area contributed by atoms with E-state index in [-0.39, 0.29) is 28.4 Å². The number of aliphatic carboxylic acids is 1. The Kier molecular flexibility index (Phi) is 5.62. The van der Waals surface area contributed by atoms with Gasteiger partial charge < -0.3 is 10.4 Å². The highest BCUT2D eigenvalue weighted by atomic mass is 32.2. The summed E-state index contributed by atoms with van der Waals surface area (Å²) in [5.74, 6) is -1.64. The van der Waals surface area contributed by atoms with Crippen LogP contribution >= 0.6 is 0 Å². The minimum Gasteiger partial charge on any atom is -0.481 e. The monoisotopic (exact) mass is 380 g/mol. The molecule has 2 fully saturated rings. The molecule has 0 radical (unpaired) electrons. The molecule has 7 nitrogen and oxygen atoms in total. The molecule has 1 aromatic rings.